The first-order chi connectivity index (χ1) is 12.6. The van der Waals surface area contributed by atoms with E-state index >= 15 is 0 Å². The fourth-order valence-corrected chi connectivity index (χ4v) is 3.90. The van der Waals surface area contributed by atoms with E-state index in [4.69, 9.17) is 11.6 Å². The standard InChI is InChI=1S/C21H20ClFN2O/c22-16-3-1-14(2-4-16)21(26)15-8-11-25(12-9-15)20-7-10-24-19-13-17(23)5-6-18(19)20/h1-7,10,13,15,21,26H,8-9,11-12H2. The normalized spacial score (nSPS) is 16.8. The van der Waals surface area contributed by atoms with Gasteiger partial charge in [-0.1, -0.05) is 23.7 Å². The second kappa shape index (κ2) is 7.22. The first-order valence-corrected chi connectivity index (χ1v) is 9.22. The molecule has 26 heavy (non-hydrogen) atoms. The van der Waals surface area contributed by atoms with Crippen LogP contribution in [0.15, 0.2) is 54.7 Å². The molecule has 0 spiro atoms. The lowest BCUT2D eigenvalue weighted by atomic mass is 9.87. The van der Waals surface area contributed by atoms with Crippen molar-refractivity contribution in [3.05, 3.63) is 71.1 Å². The predicted molar refractivity (Wildman–Crippen MR) is 103 cm³/mol. The minimum Gasteiger partial charge on any atom is -0.388 e. The van der Waals surface area contributed by atoms with E-state index in [9.17, 15) is 9.50 Å². The summed E-state index contributed by atoms with van der Waals surface area (Å²) < 4.78 is 13.4. The van der Waals surface area contributed by atoms with Crippen molar-refractivity contribution in [1.29, 1.82) is 0 Å². The Bertz CT molecular complexity index is 908. The number of aliphatic hydroxyl groups excluding tert-OH is 1. The average molecular weight is 371 g/mol. The maximum absolute atomic E-state index is 13.4. The molecule has 1 unspecified atom stereocenters. The summed E-state index contributed by atoms with van der Waals surface area (Å²) in [6.07, 6.45) is 3.05. The van der Waals surface area contributed by atoms with Crippen LogP contribution in [0.3, 0.4) is 0 Å². The molecule has 1 N–H and O–H groups in total. The molecule has 0 saturated carbocycles. The molecule has 134 valence electrons. The summed E-state index contributed by atoms with van der Waals surface area (Å²) in [6.45, 7) is 1.71. The quantitative estimate of drug-likeness (QED) is 0.706. The summed E-state index contributed by atoms with van der Waals surface area (Å²) in [7, 11) is 0. The summed E-state index contributed by atoms with van der Waals surface area (Å²) in [4.78, 5) is 6.57. The summed E-state index contributed by atoms with van der Waals surface area (Å²) in [6, 6.07) is 14.1. The van der Waals surface area contributed by atoms with Crippen LogP contribution in [0.2, 0.25) is 5.02 Å². The Morgan fingerprint density at radius 3 is 2.54 bits per heavy atom. The number of aliphatic hydroxyl groups is 1. The minimum atomic E-state index is -0.474. The Morgan fingerprint density at radius 1 is 1.08 bits per heavy atom. The molecule has 1 aromatic heterocycles. The lowest BCUT2D eigenvalue weighted by Crippen LogP contribution is -2.35. The minimum absolute atomic E-state index is 0.220. The SMILES string of the molecule is OC(c1ccc(Cl)cc1)C1CCN(c2ccnc3cc(F)ccc23)CC1. The Hall–Kier alpha value is -2.17. The van der Waals surface area contributed by atoms with Gasteiger partial charge in [0.25, 0.3) is 0 Å². The van der Waals surface area contributed by atoms with E-state index in [2.05, 4.69) is 9.88 Å². The second-order valence-corrected chi connectivity index (χ2v) is 7.25. The smallest absolute Gasteiger partial charge is 0.125 e. The molecule has 1 fully saturated rings. The van der Waals surface area contributed by atoms with E-state index in [0.29, 0.717) is 10.5 Å². The van der Waals surface area contributed by atoms with Crippen LogP contribution < -0.4 is 4.90 Å². The zero-order valence-electron chi connectivity index (χ0n) is 14.3. The highest BCUT2D eigenvalue weighted by atomic mass is 35.5. The summed E-state index contributed by atoms with van der Waals surface area (Å²) in [5, 5.41) is 12.3. The number of halogens is 2. The molecule has 2 aromatic carbocycles. The third-order valence-corrected chi connectivity index (χ3v) is 5.47. The number of anilines is 1. The molecule has 0 aliphatic carbocycles. The molecule has 0 bridgehead atoms. The van der Waals surface area contributed by atoms with Crippen LogP contribution >= 0.6 is 11.6 Å². The Morgan fingerprint density at radius 2 is 1.81 bits per heavy atom. The van der Waals surface area contributed by atoms with Gasteiger partial charge in [-0.2, -0.15) is 0 Å². The number of benzene rings is 2. The molecule has 1 saturated heterocycles. The first kappa shape index (κ1) is 17.3. The van der Waals surface area contributed by atoms with Gasteiger partial charge in [-0.3, -0.25) is 4.98 Å². The number of hydrogen-bond acceptors (Lipinski definition) is 3. The molecule has 1 aliphatic heterocycles. The highest BCUT2D eigenvalue weighted by Crippen LogP contribution is 2.34. The van der Waals surface area contributed by atoms with Crippen molar-refractivity contribution in [1.82, 2.24) is 4.98 Å². The summed E-state index contributed by atoms with van der Waals surface area (Å²) in [5.74, 6) is -0.0510. The van der Waals surface area contributed by atoms with Gasteiger partial charge in [-0.25, -0.2) is 4.39 Å². The number of pyridine rings is 1. The molecular weight excluding hydrogens is 351 g/mol. The lowest BCUT2D eigenvalue weighted by Gasteiger charge is -2.36. The molecule has 3 nitrogen and oxygen atoms in total. The van der Waals surface area contributed by atoms with Crippen molar-refractivity contribution >= 4 is 28.2 Å². The Labute approximate surface area is 157 Å². The van der Waals surface area contributed by atoms with Crippen molar-refractivity contribution in [3.63, 3.8) is 0 Å². The maximum atomic E-state index is 13.4. The summed E-state index contributed by atoms with van der Waals surface area (Å²) >= 11 is 5.93. The highest BCUT2D eigenvalue weighted by molar-refractivity contribution is 6.30. The van der Waals surface area contributed by atoms with Crippen LogP contribution in [-0.2, 0) is 0 Å². The monoisotopic (exact) mass is 370 g/mol. The zero-order valence-corrected chi connectivity index (χ0v) is 15.0. The molecule has 2 heterocycles. The van der Waals surface area contributed by atoms with Crippen LogP contribution in [0.5, 0.6) is 0 Å². The number of piperidine rings is 1. The van der Waals surface area contributed by atoms with Crippen LogP contribution in [-0.4, -0.2) is 23.2 Å². The van der Waals surface area contributed by atoms with Crippen molar-refractivity contribution in [2.24, 2.45) is 5.92 Å². The largest absolute Gasteiger partial charge is 0.388 e. The first-order valence-electron chi connectivity index (χ1n) is 8.84. The molecule has 0 radical (unpaired) electrons. The van der Waals surface area contributed by atoms with Gasteiger partial charge >= 0.3 is 0 Å². The fourth-order valence-electron chi connectivity index (χ4n) is 3.77. The predicted octanol–water partition coefficient (Wildman–Crippen LogP) is 4.98. The van der Waals surface area contributed by atoms with Crippen molar-refractivity contribution in [3.8, 4) is 0 Å². The van der Waals surface area contributed by atoms with E-state index < -0.39 is 6.10 Å². The average Bonchev–Trinajstić information content (AvgIpc) is 2.67. The maximum Gasteiger partial charge on any atom is 0.125 e. The van der Waals surface area contributed by atoms with E-state index in [1.807, 2.05) is 30.3 Å². The molecular formula is C21H20ClFN2O. The van der Waals surface area contributed by atoms with Gasteiger partial charge in [-0.15, -0.1) is 0 Å². The van der Waals surface area contributed by atoms with Crippen molar-refractivity contribution < 1.29 is 9.50 Å². The van der Waals surface area contributed by atoms with Gasteiger partial charge in [0.15, 0.2) is 0 Å². The van der Waals surface area contributed by atoms with E-state index in [0.717, 1.165) is 42.6 Å². The topological polar surface area (TPSA) is 36.4 Å². The molecule has 5 heteroatoms. The molecule has 0 amide bonds. The van der Waals surface area contributed by atoms with Gasteiger partial charge in [0.1, 0.15) is 5.82 Å². The highest BCUT2D eigenvalue weighted by Gasteiger charge is 2.27. The van der Waals surface area contributed by atoms with Gasteiger partial charge in [0.2, 0.25) is 0 Å². The number of rotatable bonds is 3. The third kappa shape index (κ3) is 3.39. The fraction of sp³-hybridized carbons (Fsp3) is 0.286. The number of aromatic nitrogens is 1. The third-order valence-electron chi connectivity index (χ3n) is 5.22. The Balaban J connectivity index is 1.49. The van der Waals surface area contributed by atoms with Crippen LogP contribution in [0.4, 0.5) is 10.1 Å². The summed E-state index contributed by atoms with van der Waals surface area (Å²) in [5.41, 5.74) is 2.66. The van der Waals surface area contributed by atoms with Crippen molar-refractivity contribution in [2.45, 2.75) is 18.9 Å². The molecule has 4 rings (SSSR count). The van der Waals surface area contributed by atoms with Gasteiger partial charge in [0.05, 0.1) is 11.6 Å². The number of nitrogens with zero attached hydrogens (tertiary/aromatic N) is 2. The molecule has 3 aromatic rings. The Kier molecular flexibility index (Phi) is 4.79. The van der Waals surface area contributed by atoms with Gasteiger partial charge < -0.3 is 10.0 Å². The number of hydrogen-bond donors (Lipinski definition) is 1. The van der Waals surface area contributed by atoms with E-state index in [1.54, 1.807) is 12.3 Å². The zero-order chi connectivity index (χ0) is 18.1. The van der Waals surface area contributed by atoms with Gasteiger partial charge in [0, 0.05) is 41.4 Å². The van der Waals surface area contributed by atoms with E-state index in [1.165, 1.54) is 12.1 Å². The lowest BCUT2D eigenvalue weighted by molar-refractivity contribution is 0.0930. The van der Waals surface area contributed by atoms with Crippen LogP contribution in [0.1, 0.15) is 24.5 Å². The van der Waals surface area contributed by atoms with Gasteiger partial charge in [-0.05, 0) is 54.7 Å². The number of fused-ring (bicyclic) bond motifs is 1. The molecule has 1 aliphatic rings. The van der Waals surface area contributed by atoms with Crippen LogP contribution in [0, 0.1) is 11.7 Å². The molecule has 1 atom stereocenters. The second-order valence-electron chi connectivity index (χ2n) is 6.81. The van der Waals surface area contributed by atoms with Crippen molar-refractivity contribution in [2.75, 3.05) is 18.0 Å². The van der Waals surface area contributed by atoms with E-state index in [-0.39, 0.29) is 11.7 Å². The van der Waals surface area contributed by atoms with Crippen LogP contribution in [0.25, 0.3) is 10.9 Å².